The zero-order valence-electron chi connectivity index (χ0n) is 8.70. The maximum absolute atomic E-state index is 11.7. The van der Waals surface area contributed by atoms with E-state index in [1.165, 1.54) is 0 Å². The molecule has 0 aromatic rings. The van der Waals surface area contributed by atoms with Crippen molar-refractivity contribution in [3.63, 3.8) is 0 Å². The van der Waals surface area contributed by atoms with Crippen molar-refractivity contribution >= 4 is 10.8 Å². The topological polar surface area (TPSA) is 38.3 Å². The fourth-order valence-corrected chi connectivity index (χ4v) is 3.91. The molecule has 2 rings (SSSR count). The normalized spacial score (nSPS) is 44.9. The average Bonchev–Trinajstić information content (AvgIpc) is 2.59. The second-order valence-electron chi connectivity index (χ2n) is 4.52. The minimum atomic E-state index is -0.632. The highest BCUT2D eigenvalue weighted by molar-refractivity contribution is 7.85. The zero-order valence-corrected chi connectivity index (χ0v) is 9.52. The van der Waals surface area contributed by atoms with Crippen LogP contribution in [0.5, 0.6) is 0 Å². The van der Waals surface area contributed by atoms with Crippen LogP contribution in [0.3, 0.4) is 0 Å². The summed E-state index contributed by atoms with van der Waals surface area (Å²) in [6.45, 7) is 4.90. The summed E-state index contributed by atoms with van der Waals surface area (Å²) in [6.07, 6.45) is 1.13. The van der Waals surface area contributed by atoms with Gasteiger partial charge in [0.2, 0.25) is 0 Å². The molecule has 2 saturated heterocycles. The van der Waals surface area contributed by atoms with E-state index in [2.05, 4.69) is 12.2 Å². The van der Waals surface area contributed by atoms with Gasteiger partial charge in [-0.3, -0.25) is 4.21 Å². The molecule has 4 unspecified atom stereocenters. The van der Waals surface area contributed by atoms with Gasteiger partial charge in [-0.15, -0.1) is 0 Å². The lowest BCUT2D eigenvalue weighted by atomic mass is 10.0. The van der Waals surface area contributed by atoms with Gasteiger partial charge in [0.25, 0.3) is 0 Å². The van der Waals surface area contributed by atoms with E-state index < -0.39 is 10.8 Å². The number of nitrogens with one attached hydrogen (secondary N) is 1. The number of rotatable bonds is 1. The summed E-state index contributed by atoms with van der Waals surface area (Å²) in [5.41, 5.74) is 0. The van der Waals surface area contributed by atoms with E-state index in [4.69, 9.17) is 4.74 Å². The van der Waals surface area contributed by atoms with Gasteiger partial charge in [0, 0.05) is 40.9 Å². The first-order chi connectivity index (χ1) is 6.75. The van der Waals surface area contributed by atoms with Crippen LogP contribution in [0.4, 0.5) is 0 Å². The Morgan fingerprint density at radius 3 is 3.00 bits per heavy atom. The lowest BCUT2D eigenvalue weighted by molar-refractivity contribution is 0.178. The van der Waals surface area contributed by atoms with Gasteiger partial charge in [0.05, 0.1) is 6.61 Å². The van der Waals surface area contributed by atoms with Crippen LogP contribution < -0.4 is 5.32 Å². The van der Waals surface area contributed by atoms with Crippen LogP contribution in [0.1, 0.15) is 13.3 Å². The molecule has 4 heteroatoms. The van der Waals surface area contributed by atoms with Gasteiger partial charge in [-0.25, -0.2) is 0 Å². The molecule has 0 aliphatic carbocycles. The molecule has 2 heterocycles. The summed E-state index contributed by atoms with van der Waals surface area (Å²) in [4.78, 5) is 0. The molecular weight excluding hydrogens is 198 g/mol. The first-order valence-corrected chi connectivity index (χ1v) is 6.90. The molecule has 4 atom stereocenters. The van der Waals surface area contributed by atoms with Crippen molar-refractivity contribution in [3.05, 3.63) is 0 Å². The standard InChI is InChI=1S/C10H19NO2S/c1-8-4-11-10(7-14(12)6-8)9-2-3-13-5-9/h8-11H,2-7H2,1H3. The van der Waals surface area contributed by atoms with Crippen molar-refractivity contribution in [1.82, 2.24) is 5.32 Å². The Morgan fingerprint density at radius 1 is 1.43 bits per heavy atom. The molecule has 2 aliphatic heterocycles. The van der Waals surface area contributed by atoms with Gasteiger partial charge in [-0.1, -0.05) is 6.92 Å². The predicted octanol–water partition coefficient (Wildman–Crippen LogP) is 0.380. The van der Waals surface area contributed by atoms with Crippen molar-refractivity contribution in [2.24, 2.45) is 11.8 Å². The maximum atomic E-state index is 11.7. The molecule has 0 saturated carbocycles. The summed E-state index contributed by atoms with van der Waals surface area (Å²) in [7, 11) is -0.632. The molecule has 0 bridgehead atoms. The molecule has 14 heavy (non-hydrogen) atoms. The third kappa shape index (κ3) is 2.55. The summed E-state index contributed by atoms with van der Waals surface area (Å²) in [5.74, 6) is 2.81. The molecule has 82 valence electrons. The van der Waals surface area contributed by atoms with E-state index in [-0.39, 0.29) is 0 Å². The number of hydrogen-bond donors (Lipinski definition) is 1. The first kappa shape index (κ1) is 10.6. The fourth-order valence-electron chi connectivity index (χ4n) is 2.23. The van der Waals surface area contributed by atoms with E-state index in [0.29, 0.717) is 17.9 Å². The molecule has 0 aromatic heterocycles. The SMILES string of the molecule is CC1CNC(C2CCOC2)CS(=O)C1. The molecule has 0 aromatic carbocycles. The number of hydrogen-bond acceptors (Lipinski definition) is 3. The van der Waals surface area contributed by atoms with Crippen LogP contribution in [-0.2, 0) is 15.5 Å². The van der Waals surface area contributed by atoms with Gasteiger partial charge in [0.1, 0.15) is 0 Å². The highest BCUT2D eigenvalue weighted by atomic mass is 32.2. The molecule has 0 amide bonds. The van der Waals surface area contributed by atoms with Crippen molar-refractivity contribution in [1.29, 1.82) is 0 Å². The lowest BCUT2D eigenvalue weighted by Gasteiger charge is -2.21. The largest absolute Gasteiger partial charge is 0.381 e. The first-order valence-electron chi connectivity index (χ1n) is 5.42. The van der Waals surface area contributed by atoms with Crippen LogP contribution in [0.15, 0.2) is 0 Å². The Hall–Kier alpha value is 0.0700. The number of ether oxygens (including phenoxy) is 1. The summed E-state index contributed by atoms with van der Waals surface area (Å²) < 4.78 is 17.1. The summed E-state index contributed by atoms with van der Waals surface area (Å²) in [5, 5.41) is 3.53. The van der Waals surface area contributed by atoms with E-state index in [0.717, 1.165) is 37.7 Å². The van der Waals surface area contributed by atoms with E-state index in [9.17, 15) is 4.21 Å². The maximum Gasteiger partial charge on any atom is 0.0510 e. The van der Waals surface area contributed by atoms with Crippen molar-refractivity contribution in [2.45, 2.75) is 19.4 Å². The Balaban J connectivity index is 1.94. The molecule has 0 radical (unpaired) electrons. The minimum absolute atomic E-state index is 0.420. The highest BCUT2D eigenvalue weighted by Crippen LogP contribution is 2.19. The zero-order chi connectivity index (χ0) is 9.97. The molecular formula is C10H19NO2S. The second-order valence-corrected chi connectivity index (χ2v) is 6.06. The minimum Gasteiger partial charge on any atom is -0.381 e. The molecule has 1 N–H and O–H groups in total. The van der Waals surface area contributed by atoms with Crippen LogP contribution in [0, 0.1) is 11.8 Å². The van der Waals surface area contributed by atoms with Crippen LogP contribution in [-0.4, -0.2) is 41.5 Å². The monoisotopic (exact) mass is 217 g/mol. The summed E-state index contributed by atoms with van der Waals surface area (Å²) >= 11 is 0. The van der Waals surface area contributed by atoms with Crippen molar-refractivity contribution in [3.8, 4) is 0 Å². The highest BCUT2D eigenvalue weighted by Gasteiger charge is 2.29. The van der Waals surface area contributed by atoms with E-state index in [1.54, 1.807) is 0 Å². The van der Waals surface area contributed by atoms with Gasteiger partial charge in [-0.05, 0) is 18.9 Å². The molecule has 2 fully saturated rings. The van der Waals surface area contributed by atoms with Gasteiger partial charge in [-0.2, -0.15) is 0 Å². The smallest absolute Gasteiger partial charge is 0.0510 e. The quantitative estimate of drug-likeness (QED) is 0.690. The Kier molecular flexibility index (Phi) is 3.57. The van der Waals surface area contributed by atoms with E-state index in [1.807, 2.05) is 0 Å². The van der Waals surface area contributed by atoms with Crippen molar-refractivity contribution < 1.29 is 8.95 Å². The van der Waals surface area contributed by atoms with Gasteiger partial charge < -0.3 is 10.1 Å². The molecule has 0 spiro atoms. The fraction of sp³-hybridized carbons (Fsp3) is 1.00. The van der Waals surface area contributed by atoms with Crippen LogP contribution in [0.25, 0.3) is 0 Å². The Bertz CT molecular complexity index is 216. The van der Waals surface area contributed by atoms with Gasteiger partial charge >= 0.3 is 0 Å². The average molecular weight is 217 g/mol. The second kappa shape index (κ2) is 4.73. The third-order valence-corrected chi connectivity index (χ3v) is 4.77. The summed E-state index contributed by atoms with van der Waals surface area (Å²) in [6, 6.07) is 0.420. The molecule has 2 aliphatic rings. The van der Waals surface area contributed by atoms with Crippen molar-refractivity contribution in [2.75, 3.05) is 31.3 Å². The predicted molar refractivity (Wildman–Crippen MR) is 57.8 cm³/mol. The Morgan fingerprint density at radius 2 is 2.29 bits per heavy atom. The van der Waals surface area contributed by atoms with E-state index >= 15 is 0 Å². The molecule has 3 nitrogen and oxygen atoms in total. The third-order valence-electron chi connectivity index (χ3n) is 3.10. The van der Waals surface area contributed by atoms with Crippen LogP contribution >= 0.6 is 0 Å². The van der Waals surface area contributed by atoms with Crippen LogP contribution in [0.2, 0.25) is 0 Å². The lowest BCUT2D eigenvalue weighted by Crippen LogP contribution is -2.40. The Labute approximate surface area is 88.0 Å². The van der Waals surface area contributed by atoms with Gasteiger partial charge in [0.15, 0.2) is 0 Å².